The Morgan fingerprint density at radius 2 is 2.12 bits per heavy atom. The van der Waals surface area contributed by atoms with Crippen LogP contribution < -0.4 is 10.5 Å². The van der Waals surface area contributed by atoms with Gasteiger partial charge in [-0.15, -0.1) is 0 Å². The summed E-state index contributed by atoms with van der Waals surface area (Å²) >= 11 is 6.14. The fraction of sp³-hybridized carbons (Fsp3) is 0.421. The lowest BCUT2D eigenvalue weighted by Crippen LogP contribution is -2.34. The van der Waals surface area contributed by atoms with E-state index in [1.807, 2.05) is 12.1 Å². The number of aryl methyl sites for hydroxylation is 1. The first-order chi connectivity index (χ1) is 12.5. The monoisotopic (exact) mass is 371 g/mol. The van der Waals surface area contributed by atoms with Crippen molar-refractivity contribution in [1.82, 2.24) is 19.2 Å². The van der Waals surface area contributed by atoms with Gasteiger partial charge >= 0.3 is 0 Å². The van der Waals surface area contributed by atoms with Crippen molar-refractivity contribution in [2.45, 2.75) is 39.2 Å². The van der Waals surface area contributed by atoms with E-state index in [2.05, 4.69) is 29.8 Å². The zero-order chi connectivity index (χ0) is 18.4. The summed E-state index contributed by atoms with van der Waals surface area (Å²) in [7, 11) is 1.78. The van der Waals surface area contributed by atoms with Crippen LogP contribution in [0.1, 0.15) is 43.4 Å². The van der Waals surface area contributed by atoms with E-state index in [9.17, 15) is 4.79 Å². The molecule has 136 valence electrons. The predicted octanol–water partition coefficient (Wildman–Crippen LogP) is 3.16. The fourth-order valence-electron chi connectivity index (χ4n) is 3.59. The van der Waals surface area contributed by atoms with Gasteiger partial charge in [-0.2, -0.15) is 5.10 Å². The van der Waals surface area contributed by atoms with E-state index in [0.29, 0.717) is 12.1 Å². The second-order valence-electron chi connectivity index (χ2n) is 7.15. The van der Waals surface area contributed by atoms with Gasteiger partial charge in [0.25, 0.3) is 5.56 Å². The lowest BCUT2D eigenvalue weighted by molar-refractivity contribution is 0.605. The number of anilines is 1. The third kappa shape index (κ3) is 2.78. The van der Waals surface area contributed by atoms with Gasteiger partial charge in [-0.05, 0) is 36.6 Å². The Balaban J connectivity index is 1.78. The third-order valence-electron chi connectivity index (χ3n) is 5.00. The number of imidazole rings is 1. The van der Waals surface area contributed by atoms with E-state index in [1.54, 1.807) is 22.3 Å². The number of benzene rings is 1. The average Bonchev–Trinajstić information content (AvgIpc) is 3.03. The van der Waals surface area contributed by atoms with Crippen molar-refractivity contribution in [3.8, 4) is 0 Å². The summed E-state index contributed by atoms with van der Waals surface area (Å²) in [6.07, 6.45) is 3.70. The summed E-state index contributed by atoms with van der Waals surface area (Å²) in [6, 6.07) is 6.01. The molecule has 4 rings (SSSR count). The van der Waals surface area contributed by atoms with Gasteiger partial charge in [-0.3, -0.25) is 9.36 Å². The summed E-state index contributed by atoms with van der Waals surface area (Å²) in [4.78, 5) is 19.4. The van der Waals surface area contributed by atoms with E-state index in [0.717, 1.165) is 36.1 Å². The standard InChI is InChI=1S/C19H22ClN5O/c1-12(2)18-21-10-16-19(26)23(3)17(22-25(16)18)11-24-8-4-5-13-9-14(20)6-7-15(13)24/h6-7,9-10,12H,4-5,8,11H2,1-3H3. The molecule has 2 aromatic heterocycles. The Kier molecular flexibility index (Phi) is 4.23. The molecule has 3 aromatic rings. The summed E-state index contributed by atoms with van der Waals surface area (Å²) in [5, 5.41) is 5.51. The maximum atomic E-state index is 12.7. The highest BCUT2D eigenvalue weighted by Gasteiger charge is 2.21. The molecular formula is C19H22ClN5O. The lowest BCUT2D eigenvalue weighted by atomic mass is 10.0. The Hall–Kier alpha value is -2.34. The zero-order valence-corrected chi connectivity index (χ0v) is 16.0. The second kappa shape index (κ2) is 6.43. The molecule has 1 aliphatic heterocycles. The molecule has 0 saturated heterocycles. The van der Waals surface area contributed by atoms with Gasteiger partial charge in [-0.1, -0.05) is 25.4 Å². The van der Waals surface area contributed by atoms with Gasteiger partial charge in [0.2, 0.25) is 0 Å². The average molecular weight is 372 g/mol. The van der Waals surface area contributed by atoms with Crippen LogP contribution in [-0.2, 0) is 20.0 Å². The number of fused-ring (bicyclic) bond motifs is 2. The first-order valence-electron chi connectivity index (χ1n) is 8.92. The van der Waals surface area contributed by atoms with Gasteiger partial charge in [-0.25, -0.2) is 9.50 Å². The highest BCUT2D eigenvalue weighted by Crippen LogP contribution is 2.30. The normalized spacial score (nSPS) is 14.3. The summed E-state index contributed by atoms with van der Waals surface area (Å²) < 4.78 is 3.33. The van der Waals surface area contributed by atoms with Crippen molar-refractivity contribution in [1.29, 1.82) is 0 Å². The molecule has 3 heterocycles. The quantitative estimate of drug-likeness (QED) is 0.709. The molecule has 0 unspecified atom stereocenters. The minimum atomic E-state index is -0.0669. The molecule has 1 aliphatic rings. The third-order valence-corrected chi connectivity index (χ3v) is 5.23. The maximum absolute atomic E-state index is 12.7. The van der Waals surface area contributed by atoms with Crippen LogP contribution in [0, 0.1) is 0 Å². The molecule has 1 aromatic carbocycles. The van der Waals surface area contributed by atoms with E-state index >= 15 is 0 Å². The number of hydrogen-bond acceptors (Lipinski definition) is 4. The van der Waals surface area contributed by atoms with Gasteiger partial charge in [0.1, 0.15) is 5.82 Å². The van der Waals surface area contributed by atoms with Crippen molar-refractivity contribution in [2.24, 2.45) is 7.05 Å². The minimum absolute atomic E-state index is 0.0669. The minimum Gasteiger partial charge on any atom is -0.364 e. The number of hydrogen-bond donors (Lipinski definition) is 0. The predicted molar refractivity (Wildman–Crippen MR) is 103 cm³/mol. The van der Waals surface area contributed by atoms with Gasteiger partial charge in [0.05, 0.1) is 12.7 Å². The highest BCUT2D eigenvalue weighted by atomic mass is 35.5. The second-order valence-corrected chi connectivity index (χ2v) is 7.58. The molecule has 6 nitrogen and oxygen atoms in total. The summed E-state index contributed by atoms with van der Waals surface area (Å²) in [5.41, 5.74) is 2.87. The molecular weight excluding hydrogens is 350 g/mol. The number of nitrogens with zero attached hydrogens (tertiary/aromatic N) is 5. The molecule has 0 atom stereocenters. The van der Waals surface area contributed by atoms with Gasteiger partial charge in [0, 0.05) is 30.2 Å². The number of rotatable bonds is 3. The van der Waals surface area contributed by atoms with Crippen LogP contribution >= 0.6 is 11.6 Å². The molecule has 0 aliphatic carbocycles. The lowest BCUT2D eigenvalue weighted by Gasteiger charge is -2.31. The van der Waals surface area contributed by atoms with Crippen LogP contribution in [0.2, 0.25) is 5.02 Å². The number of halogens is 1. The van der Waals surface area contributed by atoms with Crippen molar-refractivity contribution < 1.29 is 0 Å². The van der Waals surface area contributed by atoms with Crippen LogP contribution in [0.25, 0.3) is 5.52 Å². The summed E-state index contributed by atoms with van der Waals surface area (Å²) in [5.74, 6) is 1.73. The van der Waals surface area contributed by atoms with Gasteiger partial charge in [0.15, 0.2) is 11.3 Å². The SMILES string of the molecule is CC(C)c1ncc2c(=O)n(C)c(CN3CCCc4cc(Cl)ccc43)nn12. The number of aromatic nitrogens is 4. The van der Waals surface area contributed by atoms with E-state index in [-0.39, 0.29) is 11.5 Å². The first-order valence-corrected chi connectivity index (χ1v) is 9.30. The highest BCUT2D eigenvalue weighted by molar-refractivity contribution is 6.30. The molecule has 0 saturated carbocycles. The van der Waals surface area contributed by atoms with Crippen LogP contribution in [0.4, 0.5) is 5.69 Å². The molecule has 7 heteroatoms. The Labute approximate surface area is 157 Å². The van der Waals surface area contributed by atoms with Gasteiger partial charge < -0.3 is 4.90 Å². The molecule has 0 fully saturated rings. The zero-order valence-electron chi connectivity index (χ0n) is 15.2. The Morgan fingerprint density at radius 1 is 1.31 bits per heavy atom. The maximum Gasteiger partial charge on any atom is 0.279 e. The van der Waals surface area contributed by atoms with Crippen LogP contribution in [0.5, 0.6) is 0 Å². The smallest absolute Gasteiger partial charge is 0.279 e. The van der Waals surface area contributed by atoms with Crippen molar-refractivity contribution in [2.75, 3.05) is 11.4 Å². The molecule has 0 bridgehead atoms. The van der Waals surface area contributed by atoms with Crippen molar-refractivity contribution in [3.05, 3.63) is 57.0 Å². The summed E-state index contributed by atoms with van der Waals surface area (Å²) in [6.45, 7) is 5.62. The molecule has 0 amide bonds. The van der Waals surface area contributed by atoms with E-state index in [1.165, 1.54) is 11.3 Å². The van der Waals surface area contributed by atoms with E-state index < -0.39 is 0 Å². The van der Waals surface area contributed by atoms with Crippen molar-refractivity contribution >= 4 is 22.8 Å². The topological polar surface area (TPSA) is 55.4 Å². The van der Waals surface area contributed by atoms with E-state index in [4.69, 9.17) is 16.7 Å². The van der Waals surface area contributed by atoms with Crippen LogP contribution in [0.3, 0.4) is 0 Å². The van der Waals surface area contributed by atoms with Crippen LogP contribution in [-0.4, -0.2) is 25.7 Å². The molecule has 0 radical (unpaired) electrons. The largest absolute Gasteiger partial charge is 0.364 e. The molecule has 0 N–H and O–H groups in total. The first kappa shape index (κ1) is 17.1. The molecule has 26 heavy (non-hydrogen) atoms. The Morgan fingerprint density at radius 3 is 2.88 bits per heavy atom. The molecule has 0 spiro atoms. The van der Waals surface area contributed by atoms with Crippen molar-refractivity contribution in [3.63, 3.8) is 0 Å². The fourth-order valence-corrected chi connectivity index (χ4v) is 3.79. The van der Waals surface area contributed by atoms with Crippen LogP contribution in [0.15, 0.2) is 29.2 Å². The Bertz CT molecular complexity index is 1040.